The van der Waals surface area contributed by atoms with Gasteiger partial charge in [-0.2, -0.15) is 0 Å². The lowest BCUT2D eigenvalue weighted by Gasteiger charge is -2.15. The molecule has 0 aromatic heterocycles. The van der Waals surface area contributed by atoms with Gasteiger partial charge in [-0.15, -0.1) is 0 Å². The lowest BCUT2D eigenvalue weighted by molar-refractivity contribution is -0.106. The number of nitrogens with one attached hydrogen (secondary N) is 1. The first-order valence-corrected chi connectivity index (χ1v) is 2.64. The zero-order chi connectivity index (χ0) is 7.49. The normalized spacial score (nSPS) is 13.6. The molecule has 0 amide bonds. The largest absolute Gasteiger partial charge is 0.362 e. The second-order valence-electron chi connectivity index (χ2n) is 1.91. The molecule has 0 aliphatic carbocycles. The highest BCUT2D eigenvalue weighted by Crippen LogP contribution is 2.08. The van der Waals surface area contributed by atoms with E-state index in [2.05, 4.69) is 0 Å². The van der Waals surface area contributed by atoms with Crippen LogP contribution in [0, 0.1) is 5.41 Å². The van der Waals surface area contributed by atoms with Crippen molar-refractivity contribution in [2.45, 2.75) is 19.6 Å². The molecule has 0 fully saturated rings. The Morgan fingerprint density at radius 3 is 2.00 bits per heavy atom. The maximum absolute atomic E-state index is 8.81. The van der Waals surface area contributed by atoms with Crippen molar-refractivity contribution in [3.8, 4) is 0 Å². The third-order valence-electron chi connectivity index (χ3n) is 1.01. The first-order chi connectivity index (χ1) is 4.02. The summed E-state index contributed by atoms with van der Waals surface area (Å²) in [7, 11) is 0. The molecule has 0 radical (unpaired) electrons. The van der Waals surface area contributed by atoms with Crippen LogP contribution in [0.15, 0.2) is 11.6 Å². The molecule has 0 aromatic carbocycles. The van der Waals surface area contributed by atoms with Crippen LogP contribution in [0.2, 0.25) is 0 Å². The van der Waals surface area contributed by atoms with Gasteiger partial charge >= 0.3 is 0 Å². The zero-order valence-electron chi connectivity index (χ0n) is 5.55. The Hall–Kier alpha value is -0.670. The molecule has 0 saturated carbocycles. The Balaban J connectivity index is 4.32. The summed E-state index contributed by atoms with van der Waals surface area (Å²) < 4.78 is 0. The molecule has 52 valence electrons. The van der Waals surface area contributed by atoms with Crippen LogP contribution >= 0.6 is 0 Å². The first-order valence-electron chi connectivity index (χ1n) is 2.64. The summed E-state index contributed by atoms with van der Waals surface area (Å²) in [4.78, 5) is 0. The quantitative estimate of drug-likeness (QED) is 0.370. The van der Waals surface area contributed by atoms with Crippen LogP contribution in [-0.2, 0) is 0 Å². The van der Waals surface area contributed by atoms with Crippen LogP contribution in [-0.4, -0.2) is 22.2 Å². The Morgan fingerprint density at radius 2 is 2.00 bits per heavy atom. The van der Waals surface area contributed by atoms with Gasteiger partial charge in [-0.05, 0) is 13.8 Å². The molecule has 9 heavy (non-hydrogen) atoms. The summed E-state index contributed by atoms with van der Waals surface area (Å²) in [6.45, 7) is 2.86. The Labute approximate surface area is 54.1 Å². The van der Waals surface area contributed by atoms with Gasteiger partial charge in [-0.25, -0.2) is 0 Å². The smallest absolute Gasteiger partial charge is 0.187 e. The van der Waals surface area contributed by atoms with E-state index in [1.807, 2.05) is 0 Å². The lowest BCUT2D eigenvalue weighted by Crippen LogP contribution is -2.26. The lowest BCUT2D eigenvalue weighted by atomic mass is 10.1. The number of hydrogen-bond donors (Lipinski definition) is 3. The highest BCUT2D eigenvalue weighted by Gasteiger charge is 2.18. The van der Waals surface area contributed by atoms with Crippen molar-refractivity contribution in [3.05, 3.63) is 11.6 Å². The van der Waals surface area contributed by atoms with E-state index in [1.54, 1.807) is 6.92 Å². The van der Waals surface area contributed by atoms with Crippen molar-refractivity contribution in [3.63, 3.8) is 0 Å². The van der Waals surface area contributed by atoms with E-state index in [0.717, 1.165) is 6.21 Å². The molecule has 0 atom stereocenters. The summed E-state index contributed by atoms with van der Waals surface area (Å²) in [5, 5.41) is 24.3. The molecule has 0 spiro atoms. The standard InChI is InChI=1S/C6H11NO2/c1-3-5(4-7)6(2,8)9/h3-4,7-9H,1-2H3/b5-3+,7-4?. The van der Waals surface area contributed by atoms with Crippen LogP contribution in [0.4, 0.5) is 0 Å². The number of allylic oxidation sites excluding steroid dienone is 1. The van der Waals surface area contributed by atoms with Gasteiger partial charge in [0.1, 0.15) is 0 Å². The van der Waals surface area contributed by atoms with E-state index in [0.29, 0.717) is 0 Å². The fourth-order valence-corrected chi connectivity index (χ4v) is 0.493. The van der Waals surface area contributed by atoms with Crippen molar-refractivity contribution in [1.82, 2.24) is 0 Å². The van der Waals surface area contributed by atoms with Gasteiger partial charge in [0.25, 0.3) is 0 Å². The third kappa shape index (κ3) is 2.39. The summed E-state index contributed by atoms with van der Waals surface area (Å²) in [5.74, 6) is -1.86. The van der Waals surface area contributed by atoms with Crippen molar-refractivity contribution >= 4 is 6.21 Å². The number of aliphatic hydroxyl groups is 2. The van der Waals surface area contributed by atoms with Gasteiger partial charge in [-0.1, -0.05) is 6.08 Å². The molecule has 3 nitrogen and oxygen atoms in total. The van der Waals surface area contributed by atoms with E-state index < -0.39 is 5.79 Å². The zero-order valence-corrected chi connectivity index (χ0v) is 5.55. The molecule has 3 N–H and O–H groups in total. The molecule has 0 rings (SSSR count). The van der Waals surface area contributed by atoms with E-state index in [1.165, 1.54) is 13.0 Å². The number of rotatable bonds is 2. The summed E-state index contributed by atoms with van der Waals surface area (Å²) >= 11 is 0. The van der Waals surface area contributed by atoms with Crippen LogP contribution < -0.4 is 0 Å². The molecule has 0 bridgehead atoms. The average Bonchev–Trinajstić information content (AvgIpc) is 1.65. The van der Waals surface area contributed by atoms with Gasteiger partial charge < -0.3 is 15.6 Å². The molecule has 0 aliphatic rings. The predicted octanol–water partition coefficient (Wildman–Crippen LogP) is 0.283. The molecule has 0 heterocycles. The molecule has 3 heteroatoms. The molecule has 0 aromatic rings. The minimum atomic E-state index is -1.86. The van der Waals surface area contributed by atoms with Crippen LogP contribution in [0.25, 0.3) is 0 Å². The van der Waals surface area contributed by atoms with Crippen molar-refractivity contribution < 1.29 is 10.2 Å². The van der Waals surface area contributed by atoms with Crippen molar-refractivity contribution in [2.75, 3.05) is 0 Å². The molecular weight excluding hydrogens is 118 g/mol. The SMILES string of the molecule is C/C=C(\C=N)C(C)(O)O. The van der Waals surface area contributed by atoms with Crippen LogP contribution in [0.5, 0.6) is 0 Å². The third-order valence-corrected chi connectivity index (χ3v) is 1.01. The molecule has 0 unspecified atom stereocenters. The molecule has 0 aliphatic heterocycles. The van der Waals surface area contributed by atoms with Crippen LogP contribution in [0.1, 0.15) is 13.8 Å². The number of hydrogen-bond acceptors (Lipinski definition) is 3. The van der Waals surface area contributed by atoms with E-state index in [-0.39, 0.29) is 5.57 Å². The monoisotopic (exact) mass is 129 g/mol. The van der Waals surface area contributed by atoms with Crippen molar-refractivity contribution in [1.29, 1.82) is 5.41 Å². The van der Waals surface area contributed by atoms with Crippen LogP contribution in [0.3, 0.4) is 0 Å². The van der Waals surface area contributed by atoms with E-state index in [4.69, 9.17) is 15.6 Å². The minimum Gasteiger partial charge on any atom is -0.362 e. The van der Waals surface area contributed by atoms with Gasteiger partial charge in [0, 0.05) is 11.8 Å². The topological polar surface area (TPSA) is 64.3 Å². The highest BCUT2D eigenvalue weighted by molar-refractivity contribution is 5.77. The van der Waals surface area contributed by atoms with Gasteiger partial charge in [0.15, 0.2) is 5.79 Å². The summed E-state index contributed by atoms with van der Waals surface area (Å²) in [5.41, 5.74) is 0.197. The van der Waals surface area contributed by atoms with Gasteiger partial charge in [-0.3, -0.25) is 0 Å². The fraction of sp³-hybridized carbons (Fsp3) is 0.500. The second-order valence-corrected chi connectivity index (χ2v) is 1.91. The second kappa shape index (κ2) is 2.75. The van der Waals surface area contributed by atoms with Gasteiger partial charge in [0.05, 0.1) is 0 Å². The predicted molar refractivity (Wildman–Crippen MR) is 35.4 cm³/mol. The Bertz CT molecular complexity index is 132. The van der Waals surface area contributed by atoms with E-state index >= 15 is 0 Å². The van der Waals surface area contributed by atoms with Crippen molar-refractivity contribution in [2.24, 2.45) is 0 Å². The maximum atomic E-state index is 8.81. The fourth-order valence-electron chi connectivity index (χ4n) is 0.493. The molecular formula is C6H11NO2. The highest BCUT2D eigenvalue weighted by atomic mass is 16.5. The van der Waals surface area contributed by atoms with E-state index in [9.17, 15) is 0 Å². The molecule has 0 saturated heterocycles. The minimum absolute atomic E-state index is 0.197. The maximum Gasteiger partial charge on any atom is 0.187 e. The first kappa shape index (κ1) is 8.33. The summed E-state index contributed by atoms with van der Waals surface area (Å²) in [6.07, 6.45) is 2.40. The Kier molecular flexibility index (Phi) is 2.55. The van der Waals surface area contributed by atoms with Gasteiger partial charge in [0.2, 0.25) is 0 Å². The average molecular weight is 129 g/mol. The Morgan fingerprint density at radius 1 is 1.56 bits per heavy atom. The summed E-state index contributed by atoms with van der Waals surface area (Å²) in [6, 6.07) is 0.